The molecular formula is C21H35IN6S. The minimum Gasteiger partial charge on any atom is -0.356 e. The Labute approximate surface area is 196 Å². The lowest BCUT2D eigenvalue weighted by molar-refractivity contribution is 0.477. The molecule has 0 bridgehead atoms. The van der Waals surface area contributed by atoms with Crippen molar-refractivity contribution in [3.63, 3.8) is 0 Å². The Bertz CT molecular complexity index is 732. The summed E-state index contributed by atoms with van der Waals surface area (Å²) >= 11 is 1.66. The van der Waals surface area contributed by atoms with Crippen LogP contribution in [0.1, 0.15) is 44.5 Å². The topological polar surface area (TPSA) is 67.1 Å². The molecule has 1 unspecified atom stereocenters. The molecule has 6 nitrogen and oxygen atoms in total. The molecule has 0 aliphatic carbocycles. The molecule has 0 amide bonds. The van der Waals surface area contributed by atoms with Crippen LogP contribution in [0.4, 0.5) is 0 Å². The van der Waals surface area contributed by atoms with E-state index in [1.807, 2.05) is 13.1 Å². The smallest absolute Gasteiger partial charge is 0.190 e. The minimum absolute atomic E-state index is 0. The van der Waals surface area contributed by atoms with Crippen molar-refractivity contribution in [2.24, 2.45) is 10.9 Å². The first-order valence-electron chi connectivity index (χ1n) is 10.0. The van der Waals surface area contributed by atoms with Crippen LogP contribution in [-0.2, 0) is 13.0 Å². The largest absolute Gasteiger partial charge is 0.356 e. The standard InChI is InChI=1S/C21H34N6S.HI/c1-16(2)15-27-19(25-26-21(27)28-5)12-9-13-23-20(22-4)24-14-17(3)18-10-7-6-8-11-18;/h6-8,10-11,16-17H,9,12-15H2,1-5H3,(H2,22,23,24);1H. The Balaban J connectivity index is 0.00000420. The summed E-state index contributed by atoms with van der Waals surface area (Å²) < 4.78 is 2.25. The zero-order valence-corrected chi connectivity index (χ0v) is 21.3. The summed E-state index contributed by atoms with van der Waals surface area (Å²) in [4.78, 5) is 4.33. The summed E-state index contributed by atoms with van der Waals surface area (Å²) in [6.07, 6.45) is 3.95. The average molecular weight is 531 g/mol. The fourth-order valence-corrected chi connectivity index (χ4v) is 3.55. The van der Waals surface area contributed by atoms with E-state index in [1.165, 1.54) is 5.56 Å². The monoisotopic (exact) mass is 530 g/mol. The highest BCUT2D eigenvalue weighted by Gasteiger charge is 2.12. The van der Waals surface area contributed by atoms with Crippen molar-refractivity contribution >= 4 is 41.7 Å². The first-order chi connectivity index (χ1) is 13.5. The second-order valence-electron chi connectivity index (χ2n) is 7.40. The number of benzene rings is 1. The van der Waals surface area contributed by atoms with E-state index < -0.39 is 0 Å². The molecule has 2 rings (SSSR count). The van der Waals surface area contributed by atoms with Crippen LogP contribution in [-0.4, -0.2) is 47.1 Å². The highest BCUT2D eigenvalue weighted by Crippen LogP contribution is 2.16. The number of aliphatic imine (C=N–C) groups is 1. The van der Waals surface area contributed by atoms with Crippen LogP contribution in [0.25, 0.3) is 0 Å². The molecule has 8 heteroatoms. The molecule has 1 aromatic heterocycles. The van der Waals surface area contributed by atoms with Gasteiger partial charge in [-0.05, 0) is 30.1 Å². The first-order valence-corrected chi connectivity index (χ1v) is 11.2. The van der Waals surface area contributed by atoms with Crippen LogP contribution in [0.2, 0.25) is 0 Å². The van der Waals surface area contributed by atoms with Crippen LogP contribution < -0.4 is 10.6 Å². The van der Waals surface area contributed by atoms with E-state index in [2.05, 4.69) is 81.7 Å². The Morgan fingerprint density at radius 1 is 1.14 bits per heavy atom. The number of hydrogen-bond donors (Lipinski definition) is 2. The van der Waals surface area contributed by atoms with E-state index >= 15 is 0 Å². The van der Waals surface area contributed by atoms with Gasteiger partial charge in [-0.15, -0.1) is 34.2 Å². The minimum atomic E-state index is 0. The molecule has 0 spiro atoms. The van der Waals surface area contributed by atoms with Crippen molar-refractivity contribution in [2.75, 3.05) is 26.4 Å². The van der Waals surface area contributed by atoms with Gasteiger partial charge < -0.3 is 15.2 Å². The van der Waals surface area contributed by atoms with Gasteiger partial charge in [-0.3, -0.25) is 4.99 Å². The van der Waals surface area contributed by atoms with Crippen molar-refractivity contribution in [3.8, 4) is 0 Å². The van der Waals surface area contributed by atoms with Gasteiger partial charge in [-0.25, -0.2) is 0 Å². The number of nitrogens with one attached hydrogen (secondary N) is 2. The highest BCUT2D eigenvalue weighted by atomic mass is 127. The van der Waals surface area contributed by atoms with E-state index in [-0.39, 0.29) is 24.0 Å². The fourth-order valence-electron chi connectivity index (χ4n) is 3.03. The number of guanidine groups is 1. The Morgan fingerprint density at radius 2 is 1.86 bits per heavy atom. The van der Waals surface area contributed by atoms with Crippen molar-refractivity contribution in [1.82, 2.24) is 25.4 Å². The van der Waals surface area contributed by atoms with E-state index in [1.54, 1.807) is 11.8 Å². The van der Waals surface area contributed by atoms with Crippen molar-refractivity contribution in [1.29, 1.82) is 0 Å². The maximum absolute atomic E-state index is 4.39. The first kappa shape index (κ1) is 25.7. The molecule has 2 aromatic rings. The summed E-state index contributed by atoms with van der Waals surface area (Å²) in [6.45, 7) is 9.34. The van der Waals surface area contributed by atoms with Crippen LogP contribution in [0, 0.1) is 5.92 Å². The van der Waals surface area contributed by atoms with Crippen LogP contribution in [0.3, 0.4) is 0 Å². The SMILES string of the molecule is CN=C(NCCCc1nnc(SC)n1CC(C)C)NCC(C)c1ccccc1.I. The number of aryl methyl sites for hydroxylation is 1. The van der Waals surface area contributed by atoms with Gasteiger partial charge in [0.05, 0.1) is 0 Å². The summed E-state index contributed by atoms with van der Waals surface area (Å²) in [7, 11) is 1.81. The highest BCUT2D eigenvalue weighted by molar-refractivity contribution is 14.0. The molecule has 162 valence electrons. The average Bonchev–Trinajstić information content (AvgIpc) is 3.08. The predicted molar refractivity (Wildman–Crippen MR) is 135 cm³/mol. The number of aromatic nitrogens is 3. The van der Waals surface area contributed by atoms with Gasteiger partial charge in [-0.1, -0.05) is 62.9 Å². The van der Waals surface area contributed by atoms with Crippen LogP contribution >= 0.6 is 35.7 Å². The molecule has 1 heterocycles. The zero-order valence-electron chi connectivity index (χ0n) is 18.2. The molecule has 2 N–H and O–H groups in total. The van der Waals surface area contributed by atoms with Gasteiger partial charge in [0.1, 0.15) is 5.82 Å². The Kier molecular flexibility index (Phi) is 12.3. The number of halogens is 1. The summed E-state index contributed by atoms with van der Waals surface area (Å²) in [5.41, 5.74) is 1.33. The quantitative estimate of drug-likeness (QED) is 0.159. The lowest BCUT2D eigenvalue weighted by Crippen LogP contribution is -2.39. The third kappa shape index (κ3) is 8.54. The van der Waals surface area contributed by atoms with Crippen molar-refractivity contribution < 1.29 is 0 Å². The van der Waals surface area contributed by atoms with Gasteiger partial charge in [0, 0.05) is 33.1 Å². The van der Waals surface area contributed by atoms with Gasteiger partial charge in [0.15, 0.2) is 11.1 Å². The van der Waals surface area contributed by atoms with E-state index in [0.717, 1.165) is 49.4 Å². The molecule has 1 atom stereocenters. The Morgan fingerprint density at radius 3 is 2.48 bits per heavy atom. The molecule has 0 saturated heterocycles. The van der Waals surface area contributed by atoms with Crippen LogP contribution in [0.5, 0.6) is 0 Å². The molecule has 29 heavy (non-hydrogen) atoms. The lowest BCUT2D eigenvalue weighted by Gasteiger charge is -2.16. The van der Waals surface area contributed by atoms with Gasteiger partial charge in [0.2, 0.25) is 0 Å². The molecule has 0 aliphatic heterocycles. The number of rotatable bonds is 10. The maximum Gasteiger partial charge on any atom is 0.190 e. The second kappa shape index (κ2) is 13.8. The molecule has 1 aromatic carbocycles. The summed E-state index contributed by atoms with van der Waals surface area (Å²) in [5, 5.41) is 16.5. The molecular weight excluding hydrogens is 495 g/mol. The number of thioether (sulfide) groups is 1. The maximum atomic E-state index is 4.39. The van der Waals surface area contributed by atoms with E-state index in [9.17, 15) is 0 Å². The lowest BCUT2D eigenvalue weighted by atomic mass is 10.0. The molecule has 0 fully saturated rings. The van der Waals surface area contributed by atoms with Gasteiger partial charge >= 0.3 is 0 Å². The number of nitrogens with zero attached hydrogens (tertiary/aromatic N) is 4. The number of hydrogen-bond acceptors (Lipinski definition) is 4. The normalized spacial score (nSPS) is 12.6. The van der Waals surface area contributed by atoms with Gasteiger partial charge in [-0.2, -0.15) is 0 Å². The zero-order chi connectivity index (χ0) is 20.4. The van der Waals surface area contributed by atoms with Gasteiger partial charge in [0.25, 0.3) is 0 Å². The molecule has 0 radical (unpaired) electrons. The van der Waals surface area contributed by atoms with Crippen molar-refractivity contribution in [3.05, 3.63) is 41.7 Å². The van der Waals surface area contributed by atoms with Crippen LogP contribution in [0.15, 0.2) is 40.5 Å². The van der Waals surface area contributed by atoms with E-state index in [0.29, 0.717) is 11.8 Å². The van der Waals surface area contributed by atoms with Crippen molar-refractivity contribution in [2.45, 2.75) is 51.2 Å². The molecule has 0 aliphatic rings. The fraction of sp³-hybridized carbons (Fsp3) is 0.571. The third-order valence-electron chi connectivity index (χ3n) is 4.56. The third-order valence-corrected chi connectivity index (χ3v) is 5.23. The molecule has 0 saturated carbocycles. The van der Waals surface area contributed by atoms with E-state index in [4.69, 9.17) is 0 Å². The summed E-state index contributed by atoms with van der Waals surface area (Å²) in [6, 6.07) is 10.5. The predicted octanol–water partition coefficient (Wildman–Crippen LogP) is 4.18. The summed E-state index contributed by atoms with van der Waals surface area (Å²) in [5.74, 6) is 2.92. The Hall–Kier alpha value is -1.29. The second-order valence-corrected chi connectivity index (χ2v) is 8.18.